The first-order chi connectivity index (χ1) is 7.93. The maximum absolute atomic E-state index is 13.4. The second-order valence-corrected chi connectivity index (χ2v) is 6.40. The van der Waals surface area contributed by atoms with Crippen molar-refractivity contribution in [3.8, 4) is 0 Å². The molecule has 1 aromatic rings. The maximum atomic E-state index is 13.4. The van der Waals surface area contributed by atoms with E-state index in [0.29, 0.717) is 11.8 Å². The predicted molar refractivity (Wildman–Crippen MR) is 57.5 cm³/mol. The zero-order chi connectivity index (χ0) is 12.6. The van der Waals surface area contributed by atoms with Crippen molar-refractivity contribution in [2.24, 2.45) is 0 Å². The molecule has 8 heteroatoms. The van der Waals surface area contributed by atoms with Gasteiger partial charge in [-0.05, 0) is 6.07 Å². The zero-order valence-electron chi connectivity index (χ0n) is 8.49. The molecule has 0 N–H and O–H groups in total. The predicted octanol–water partition coefficient (Wildman–Crippen LogP) is 1.80. The molecule has 94 valence electrons. The normalized spacial score (nSPS) is 17.6. The smallest absolute Gasteiger partial charge is 0.207 e. The van der Waals surface area contributed by atoms with Crippen LogP contribution < -0.4 is 0 Å². The summed E-state index contributed by atoms with van der Waals surface area (Å²) in [4.78, 5) is -0.820. The van der Waals surface area contributed by atoms with Crippen LogP contribution in [0.2, 0.25) is 0 Å². The molecule has 1 saturated heterocycles. The molecule has 0 spiro atoms. The van der Waals surface area contributed by atoms with Crippen molar-refractivity contribution >= 4 is 21.8 Å². The highest BCUT2D eigenvalue weighted by Gasteiger charge is 2.31. The molecule has 0 bridgehead atoms. The quantitative estimate of drug-likeness (QED) is 0.777. The average molecular weight is 283 g/mol. The van der Waals surface area contributed by atoms with Crippen LogP contribution in [0.5, 0.6) is 0 Å². The molecule has 1 aliphatic rings. The van der Waals surface area contributed by atoms with Gasteiger partial charge in [0.15, 0.2) is 11.6 Å². The second-order valence-electron chi connectivity index (χ2n) is 3.41. The number of hydrogen-bond acceptors (Lipinski definition) is 3. The number of hydrogen-bond donors (Lipinski definition) is 0. The Bertz CT molecular complexity index is 541. The van der Waals surface area contributed by atoms with E-state index >= 15 is 0 Å². The fourth-order valence-corrected chi connectivity index (χ4v) is 4.30. The monoisotopic (exact) mass is 283 g/mol. The summed E-state index contributed by atoms with van der Waals surface area (Å²) in [6.07, 6.45) is 0. The van der Waals surface area contributed by atoms with E-state index in [-0.39, 0.29) is 18.5 Å². The molecule has 0 aromatic heterocycles. The summed E-state index contributed by atoms with van der Waals surface area (Å²) in [5.74, 6) is -3.26. The Morgan fingerprint density at radius 2 is 1.76 bits per heavy atom. The Balaban J connectivity index is 2.49. The lowest BCUT2D eigenvalue weighted by Crippen LogP contribution is -2.29. The highest BCUT2D eigenvalue weighted by Crippen LogP contribution is 2.26. The molecule has 0 saturated carbocycles. The second kappa shape index (κ2) is 4.51. The van der Waals surface area contributed by atoms with Gasteiger partial charge in [0, 0.05) is 18.4 Å². The van der Waals surface area contributed by atoms with Crippen LogP contribution in [0.3, 0.4) is 0 Å². The number of thioether (sulfide) groups is 1. The molecule has 0 aliphatic carbocycles. The van der Waals surface area contributed by atoms with Crippen LogP contribution >= 0.6 is 11.8 Å². The van der Waals surface area contributed by atoms with E-state index in [4.69, 9.17) is 0 Å². The van der Waals surface area contributed by atoms with Gasteiger partial charge in [0.2, 0.25) is 10.0 Å². The number of rotatable bonds is 2. The van der Waals surface area contributed by atoms with Crippen molar-refractivity contribution < 1.29 is 21.6 Å². The topological polar surface area (TPSA) is 37.4 Å². The van der Waals surface area contributed by atoms with E-state index in [9.17, 15) is 21.6 Å². The van der Waals surface area contributed by atoms with Crippen molar-refractivity contribution in [1.82, 2.24) is 4.31 Å². The first-order valence-corrected chi connectivity index (χ1v) is 7.25. The molecule has 1 aromatic carbocycles. The van der Waals surface area contributed by atoms with Gasteiger partial charge in [-0.2, -0.15) is 4.31 Å². The highest BCUT2D eigenvalue weighted by molar-refractivity contribution is 8.00. The fourth-order valence-electron chi connectivity index (χ4n) is 1.43. The van der Waals surface area contributed by atoms with Crippen molar-refractivity contribution in [3.63, 3.8) is 0 Å². The molecular formula is C9H8F3NO2S2. The van der Waals surface area contributed by atoms with Gasteiger partial charge in [-0.25, -0.2) is 21.6 Å². The zero-order valence-corrected chi connectivity index (χ0v) is 10.1. The third kappa shape index (κ3) is 2.29. The van der Waals surface area contributed by atoms with Crippen molar-refractivity contribution in [3.05, 3.63) is 29.6 Å². The molecule has 0 radical (unpaired) electrons. The van der Waals surface area contributed by atoms with Gasteiger partial charge in [-0.1, -0.05) is 0 Å². The Morgan fingerprint density at radius 1 is 1.12 bits per heavy atom. The summed E-state index contributed by atoms with van der Waals surface area (Å²) >= 11 is 1.37. The maximum Gasteiger partial charge on any atom is 0.246 e. The minimum absolute atomic E-state index is 0.195. The van der Waals surface area contributed by atoms with Gasteiger partial charge in [-0.15, -0.1) is 11.8 Å². The summed E-state index contributed by atoms with van der Waals surface area (Å²) in [5.41, 5.74) is 0. The van der Waals surface area contributed by atoms with Gasteiger partial charge >= 0.3 is 0 Å². The van der Waals surface area contributed by atoms with E-state index in [0.717, 1.165) is 4.31 Å². The molecule has 17 heavy (non-hydrogen) atoms. The summed E-state index contributed by atoms with van der Waals surface area (Å²) in [6.45, 7) is 0.242. The minimum Gasteiger partial charge on any atom is -0.207 e. The van der Waals surface area contributed by atoms with Gasteiger partial charge in [0.25, 0.3) is 0 Å². The summed E-state index contributed by atoms with van der Waals surface area (Å²) in [6, 6.07) is 0.619. The first-order valence-electron chi connectivity index (χ1n) is 4.65. The lowest BCUT2D eigenvalue weighted by Gasteiger charge is -2.15. The first kappa shape index (κ1) is 12.7. The Labute approximate surface area is 101 Å². The molecule has 0 atom stereocenters. The average Bonchev–Trinajstić information content (AvgIpc) is 2.77. The van der Waals surface area contributed by atoms with Crippen molar-refractivity contribution in [1.29, 1.82) is 0 Å². The Morgan fingerprint density at radius 3 is 2.35 bits per heavy atom. The number of halogens is 3. The molecule has 0 amide bonds. The molecule has 1 aliphatic heterocycles. The number of benzene rings is 1. The van der Waals surface area contributed by atoms with Gasteiger partial charge in [0.05, 0.1) is 5.88 Å². The summed E-state index contributed by atoms with van der Waals surface area (Å²) in [5, 5.41) is 0. The van der Waals surface area contributed by atoms with Crippen LogP contribution in [-0.4, -0.2) is 30.9 Å². The molecular weight excluding hydrogens is 275 g/mol. The van der Waals surface area contributed by atoms with E-state index in [1.165, 1.54) is 11.8 Å². The molecule has 2 rings (SSSR count). The number of nitrogens with zero attached hydrogens (tertiary/aromatic N) is 1. The van der Waals surface area contributed by atoms with Crippen LogP contribution in [0.15, 0.2) is 17.0 Å². The fraction of sp³-hybridized carbons (Fsp3) is 0.333. The van der Waals surface area contributed by atoms with Gasteiger partial charge < -0.3 is 0 Å². The third-order valence-electron chi connectivity index (χ3n) is 2.31. The molecule has 1 fully saturated rings. The lowest BCUT2D eigenvalue weighted by atomic mass is 10.3. The van der Waals surface area contributed by atoms with E-state index in [1.54, 1.807) is 0 Å². The number of sulfonamides is 1. The lowest BCUT2D eigenvalue weighted by molar-refractivity contribution is 0.463. The Hall–Kier alpha value is -0.730. The molecule has 0 unspecified atom stereocenters. The van der Waals surface area contributed by atoms with Gasteiger partial charge in [0.1, 0.15) is 10.7 Å². The highest BCUT2D eigenvalue weighted by atomic mass is 32.2. The van der Waals surface area contributed by atoms with Crippen LogP contribution in [0.25, 0.3) is 0 Å². The largest absolute Gasteiger partial charge is 0.246 e. The van der Waals surface area contributed by atoms with Crippen LogP contribution in [0.1, 0.15) is 0 Å². The van der Waals surface area contributed by atoms with Crippen LogP contribution in [0.4, 0.5) is 13.2 Å². The third-order valence-corrected chi connectivity index (χ3v) is 5.30. The summed E-state index contributed by atoms with van der Waals surface area (Å²) in [7, 11) is -4.08. The van der Waals surface area contributed by atoms with Gasteiger partial charge in [-0.3, -0.25) is 0 Å². The van der Waals surface area contributed by atoms with Crippen molar-refractivity contribution in [2.45, 2.75) is 4.90 Å². The summed E-state index contributed by atoms with van der Waals surface area (Å²) < 4.78 is 63.8. The van der Waals surface area contributed by atoms with Crippen molar-refractivity contribution in [2.75, 3.05) is 18.2 Å². The van der Waals surface area contributed by atoms with Crippen LogP contribution in [0, 0.1) is 17.5 Å². The SMILES string of the molecule is O=S(=O)(c1cc(F)c(F)cc1F)N1CCSC1. The minimum atomic E-state index is -4.08. The molecule has 3 nitrogen and oxygen atoms in total. The van der Waals surface area contributed by atoms with E-state index in [1.807, 2.05) is 0 Å². The molecule has 1 heterocycles. The van der Waals surface area contributed by atoms with E-state index in [2.05, 4.69) is 0 Å². The van der Waals surface area contributed by atoms with E-state index < -0.39 is 32.4 Å². The standard InChI is InChI=1S/C9H8F3NO2S2/c10-6-3-8(12)9(4-7(6)11)17(14,15)13-1-2-16-5-13/h3-4H,1-2,5H2. The Kier molecular flexibility index (Phi) is 3.37. The van der Waals surface area contributed by atoms with Crippen LogP contribution in [-0.2, 0) is 10.0 Å².